The summed E-state index contributed by atoms with van der Waals surface area (Å²) >= 11 is -0.619. The predicted octanol–water partition coefficient (Wildman–Crippen LogP) is 2.33. The van der Waals surface area contributed by atoms with Crippen LogP contribution < -0.4 is 0 Å². The summed E-state index contributed by atoms with van der Waals surface area (Å²) in [5, 5.41) is 0. The highest BCUT2D eigenvalue weighted by Crippen LogP contribution is 2.44. The number of alkyl halides is 3. The molecule has 1 aliphatic heterocycles. The maximum absolute atomic E-state index is 12.1. The number of rotatable bonds is 1. The van der Waals surface area contributed by atoms with Crippen LogP contribution in [-0.2, 0) is 9.59 Å². The smallest absolute Gasteiger partial charge is 0.273 e. The highest BCUT2D eigenvalue weighted by atomic mass is 32.2. The average molecular weight is 253 g/mol. The lowest BCUT2D eigenvalue weighted by molar-refractivity contribution is -0.134. The molecule has 1 saturated carbocycles. The molecule has 3 nitrogen and oxygen atoms in total. The third-order valence-electron chi connectivity index (χ3n) is 3.00. The van der Waals surface area contributed by atoms with Crippen molar-refractivity contribution in [2.75, 3.05) is 0 Å². The summed E-state index contributed by atoms with van der Waals surface area (Å²) in [6, 6.07) is 0. The molecule has 0 aromatic carbocycles. The third-order valence-corrected chi connectivity index (χ3v) is 3.74. The molecule has 2 atom stereocenters. The van der Waals surface area contributed by atoms with E-state index in [0.717, 1.165) is 12.8 Å². The van der Waals surface area contributed by atoms with Gasteiger partial charge in [0.2, 0.25) is 11.8 Å². The van der Waals surface area contributed by atoms with Gasteiger partial charge in [-0.3, -0.25) is 9.59 Å². The van der Waals surface area contributed by atoms with Gasteiger partial charge in [-0.15, -0.1) is 0 Å². The van der Waals surface area contributed by atoms with Gasteiger partial charge in [-0.25, -0.2) is 4.31 Å². The normalized spacial score (nSPS) is 30.8. The van der Waals surface area contributed by atoms with Crippen LogP contribution in [0.3, 0.4) is 0 Å². The number of fused-ring (bicyclic) bond motifs is 1. The van der Waals surface area contributed by atoms with Crippen LogP contribution in [0.4, 0.5) is 13.2 Å². The lowest BCUT2D eigenvalue weighted by atomic mass is 9.81. The van der Waals surface area contributed by atoms with Crippen molar-refractivity contribution in [3.63, 3.8) is 0 Å². The fraction of sp³-hybridized carbons (Fsp3) is 0.778. The summed E-state index contributed by atoms with van der Waals surface area (Å²) < 4.78 is 36.8. The Balaban J connectivity index is 2.15. The molecule has 2 fully saturated rings. The molecule has 1 aliphatic carbocycles. The van der Waals surface area contributed by atoms with Gasteiger partial charge in [-0.1, -0.05) is 12.8 Å². The minimum absolute atomic E-state index is 0.306. The fourth-order valence-electron chi connectivity index (χ4n) is 2.33. The molecule has 2 aliphatic rings. The zero-order valence-corrected chi connectivity index (χ0v) is 9.11. The summed E-state index contributed by atoms with van der Waals surface area (Å²) in [7, 11) is 0. The Bertz CT molecular complexity index is 307. The maximum Gasteiger partial charge on any atom is 0.462 e. The topological polar surface area (TPSA) is 37.4 Å². The number of carbonyl (C=O) groups is 2. The molecule has 0 unspecified atom stereocenters. The quantitative estimate of drug-likeness (QED) is 0.531. The Morgan fingerprint density at radius 2 is 1.50 bits per heavy atom. The van der Waals surface area contributed by atoms with Crippen LogP contribution in [0.1, 0.15) is 25.7 Å². The van der Waals surface area contributed by atoms with Crippen LogP contribution in [0.25, 0.3) is 0 Å². The average Bonchev–Trinajstić information content (AvgIpc) is 2.43. The minimum Gasteiger partial charge on any atom is -0.273 e. The predicted molar refractivity (Wildman–Crippen MR) is 50.9 cm³/mol. The number of amides is 2. The summed E-state index contributed by atoms with van der Waals surface area (Å²) in [6.45, 7) is 0. The first-order valence-corrected chi connectivity index (χ1v) is 5.81. The van der Waals surface area contributed by atoms with E-state index in [9.17, 15) is 22.8 Å². The second-order valence-electron chi connectivity index (χ2n) is 4.01. The number of nitrogens with zero attached hydrogens (tertiary/aromatic N) is 1. The van der Waals surface area contributed by atoms with Crippen LogP contribution in [0, 0.1) is 11.8 Å². The summed E-state index contributed by atoms with van der Waals surface area (Å²) in [5.41, 5.74) is -4.58. The van der Waals surface area contributed by atoms with Gasteiger partial charge in [0.1, 0.15) is 0 Å². The highest BCUT2D eigenvalue weighted by Gasteiger charge is 2.52. The molecule has 0 bridgehead atoms. The van der Waals surface area contributed by atoms with E-state index in [1.54, 1.807) is 0 Å². The monoisotopic (exact) mass is 253 g/mol. The molecular formula is C9H10F3NO2S. The molecule has 0 radical (unpaired) electrons. The molecule has 0 spiro atoms. The second kappa shape index (κ2) is 3.94. The van der Waals surface area contributed by atoms with E-state index >= 15 is 0 Å². The number of imide groups is 1. The van der Waals surface area contributed by atoms with E-state index in [1.165, 1.54) is 0 Å². The van der Waals surface area contributed by atoms with Gasteiger partial charge in [0.15, 0.2) is 0 Å². The molecule has 16 heavy (non-hydrogen) atoms. The van der Waals surface area contributed by atoms with E-state index in [-0.39, 0.29) is 0 Å². The Morgan fingerprint density at radius 1 is 1.06 bits per heavy atom. The fourth-order valence-corrected chi connectivity index (χ4v) is 2.98. The number of halogens is 3. The molecule has 0 aromatic rings. The van der Waals surface area contributed by atoms with Gasteiger partial charge in [0.05, 0.1) is 23.8 Å². The minimum atomic E-state index is -4.58. The first-order valence-electron chi connectivity index (χ1n) is 5.04. The SMILES string of the molecule is O=C1[C@H]2CCCC[C@H]2C(=O)N1SC(F)(F)F. The van der Waals surface area contributed by atoms with Gasteiger partial charge >= 0.3 is 5.51 Å². The lowest BCUT2D eigenvalue weighted by Crippen LogP contribution is -2.27. The molecule has 2 amide bonds. The molecule has 0 aromatic heterocycles. The molecule has 2 rings (SSSR count). The van der Waals surface area contributed by atoms with Crippen molar-refractivity contribution in [1.82, 2.24) is 4.31 Å². The largest absolute Gasteiger partial charge is 0.462 e. The first-order chi connectivity index (χ1) is 7.40. The zero-order chi connectivity index (χ0) is 11.9. The van der Waals surface area contributed by atoms with E-state index in [2.05, 4.69) is 0 Å². The van der Waals surface area contributed by atoms with Crippen LogP contribution in [0.15, 0.2) is 0 Å². The molecule has 7 heteroatoms. The van der Waals surface area contributed by atoms with Gasteiger partial charge in [0.25, 0.3) is 0 Å². The standard InChI is InChI=1S/C9H10F3NO2S/c10-9(11,12)16-13-7(14)5-3-1-2-4-6(5)8(13)15/h5-6H,1-4H2/t5-,6+. The molecule has 90 valence electrons. The molecule has 1 heterocycles. The van der Waals surface area contributed by atoms with Crippen LogP contribution >= 0.6 is 11.9 Å². The number of hydrogen-bond acceptors (Lipinski definition) is 3. The van der Waals surface area contributed by atoms with Gasteiger partial charge in [-0.05, 0) is 12.8 Å². The zero-order valence-electron chi connectivity index (χ0n) is 8.29. The second-order valence-corrected chi connectivity index (χ2v) is 5.02. The third kappa shape index (κ3) is 2.05. The Labute approximate surface area is 94.5 Å². The van der Waals surface area contributed by atoms with E-state index < -0.39 is 41.1 Å². The van der Waals surface area contributed by atoms with E-state index in [4.69, 9.17) is 0 Å². The molecule has 0 N–H and O–H groups in total. The Hall–Kier alpha value is -0.720. The van der Waals surface area contributed by atoms with Gasteiger partial charge < -0.3 is 0 Å². The Kier molecular flexibility index (Phi) is 2.90. The maximum atomic E-state index is 12.1. The van der Waals surface area contributed by atoms with Crippen molar-refractivity contribution in [2.45, 2.75) is 31.2 Å². The van der Waals surface area contributed by atoms with Crippen molar-refractivity contribution in [3.05, 3.63) is 0 Å². The number of carbonyl (C=O) groups excluding carboxylic acids is 2. The van der Waals surface area contributed by atoms with E-state index in [1.807, 2.05) is 0 Å². The van der Waals surface area contributed by atoms with E-state index in [0.29, 0.717) is 17.1 Å². The lowest BCUT2D eigenvalue weighted by Gasteiger charge is -2.19. The Morgan fingerprint density at radius 3 is 1.88 bits per heavy atom. The molecular weight excluding hydrogens is 243 g/mol. The van der Waals surface area contributed by atoms with Crippen molar-refractivity contribution < 1.29 is 22.8 Å². The van der Waals surface area contributed by atoms with Crippen LogP contribution in [0.2, 0.25) is 0 Å². The summed E-state index contributed by atoms with van der Waals surface area (Å²) in [4.78, 5) is 23.2. The number of hydrogen-bond donors (Lipinski definition) is 0. The van der Waals surface area contributed by atoms with Crippen molar-refractivity contribution in [2.24, 2.45) is 11.8 Å². The molecule has 1 saturated heterocycles. The van der Waals surface area contributed by atoms with Crippen molar-refractivity contribution >= 4 is 23.8 Å². The van der Waals surface area contributed by atoms with Gasteiger partial charge in [0, 0.05) is 0 Å². The van der Waals surface area contributed by atoms with Crippen molar-refractivity contribution in [1.29, 1.82) is 0 Å². The van der Waals surface area contributed by atoms with Crippen LogP contribution in [0.5, 0.6) is 0 Å². The first kappa shape index (κ1) is 11.8. The van der Waals surface area contributed by atoms with Crippen LogP contribution in [-0.4, -0.2) is 21.6 Å². The summed E-state index contributed by atoms with van der Waals surface area (Å²) in [6.07, 6.45) is 2.68. The summed E-state index contributed by atoms with van der Waals surface area (Å²) in [5.74, 6) is -2.37. The highest BCUT2D eigenvalue weighted by molar-refractivity contribution is 7.98. The van der Waals surface area contributed by atoms with Crippen molar-refractivity contribution in [3.8, 4) is 0 Å². The van der Waals surface area contributed by atoms with Gasteiger partial charge in [-0.2, -0.15) is 13.2 Å².